The van der Waals surface area contributed by atoms with Gasteiger partial charge in [-0.05, 0) is 98.2 Å². The van der Waals surface area contributed by atoms with E-state index in [-0.39, 0.29) is 22.2 Å². The van der Waals surface area contributed by atoms with Crippen molar-refractivity contribution in [1.82, 2.24) is 10.3 Å². The monoisotopic (exact) mass is 477 g/mol. The zero-order valence-electron chi connectivity index (χ0n) is 18.3. The van der Waals surface area contributed by atoms with Gasteiger partial charge in [-0.3, -0.25) is 4.79 Å². The van der Waals surface area contributed by atoms with Crippen molar-refractivity contribution in [2.75, 3.05) is 5.32 Å². The maximum absolute atomic E-state index is 12.8. The number of thiocarbonyl (C=S) groups is 1. The first kappa shape index (κ1) is 21.1. The molecule has 2 aromatic carbocycles. The first-order valence-corrected chi connectivity index (χ1v) is 13.0. The molecule has 4 saturated carbocycles. The van der Waals surface area contributed by atoms with Gasteiger partial charge in [0.05, 0.1) is 15.8 Å². The van der Waals surface area contributed by atoms with Crippen molar-refractivity contribution in [2.45, 2.75) is 44.9 Å². The number of hydrogen-bond acceptors (Lipinski definition) is 5. The highest BCUT2D eigenvalue weighted by molar-refractivity contribution is 7.80. The minimum absolute atomic E-state index is 0.00441. The summed E-state index contributed by atoms with van der Waals surface area (Å²) in [6.07, 6.45) is 8.29. The van der Waals surface area contributed by atoms with Gasteiger partial charge in [-0.2, -0.15) is 0 Å². The van der Waals surface area contributed by atoms with E-state index in [1.807, 2.05) is 36.4 Å². The van der Waals surface area contributed by atoms with Crippen molar-refractivity contribution < 1.29 is 9.90 Å². The predicted molar refractivity (Wildman–Crippen MR) is 136 cm³/mol. The van der Waals surface area contributed by atoms with Gasteiger partial charge in [-0.25, -0.2) is 4.98 Å². The average Bonchev–Trinajstić information content (AvgIpc) is 3.16. The molecular formula is C26H27N3O2S2. The van der Waals surface area contributed by atoms with Crippen molar-refractivity contribution >= 4 is 50.5 Å². The molecule has 0 radical (unpaired) electrons. The normalized spacial score (nSPS) is 27.6. The van der Waals surface area contributed by atoms with Crippen LogP contribution in [0.3, 0.4) is 0 Å². The molecule has 0 saturated heterocycles. The van der Waals surface area contributed by atoms with E-state index in [1.165, 1.54) is 38.5 Å². The lowest BCUT2D eigenvalue weighted by molar-refractivity contribution is -0.127. The van der Waals surface area contributed by atoms with Gasteiger partial charge in [0.25, 0.3) is 0 Å². The fourth-order valence-electron chi connectivity index (χ4n) is 6.96. The Balaban J connectivity index is 1.09. The number of aromatic hydroxyl groups is 1. The SMILES string of the molecule is O=C(CC12CC3CC(CC(C3)C1)C2)NC(=S)Nc1ccc(-c2nc3ccccc3s2)c(O)c1. The number of phenols is 1. The summed E-state index contributed by atoms with van der Waals surface area (Å²) in [5.74, 6) is 2.61. The van der Waals surface area contributed by atoms with Gasteiger partial charge in [-0.1, -0.05) is 12.1 Å². The molecule has 1 amide bonds. The van der Waals surface area contributed by atoms with Crippen LogP contribution in [-0.2, 0) is 4.79 Å². The van der Waals surface area contributed by atoms with Gasteiger partial charge in [0.15, 0.2) is 5.11 Å². The van der Waals surface area contributed by atoms with E-state index in [2.05, 4.69) is 15.6 Å². The van der Waals surface area contributed by atoms with E-state index in [4.69, 9.17) is 12.2 Å². The van der Waals surface area contributed by atoms with Crippen molar-refractivity contribution in [3.05, 3.63) is 42.5 Å². The zero-order valence-corrected chi connectivity index (χ0v) is 20.0. The van der Waals surface area contributed by atoms with Gasteiger partial charge in [0.1, 0.15) is 10.8 Å². The number of fused-ring (bicyclic) bond motifs is 1. The minimum Gasteiger partial charge on any atom is -0.507 e. The molecule has 3 N–H and O–H groups in total. The average molecular weight is 478 g/mol. The molecule has 4 bridgehead atoms. The van der Waals surface area contributed by atoms with Crippen molar-refractivity contribution in [2.24, 2.45) is 23.2 Å². The summed E-state index contributed by atoms with van der Waals surface area (Å²) in [6.45, 7) is 0. The molecule has 0 unspecified atom stereocenters. The molecule has 1 aromatic heterocycles. The number of benzene rings is 2. The molecule has 4 aliphatic rings. The third-order valence-electron chi connectivity index (χ3n) is 7.73. The van der Waals surface area contributed by atoms with Gasteiger partial charge in [-0.15, -0.1) is 11.3 Å². The minimum atomic E-state index is 0.00441. The fraction of sp³-hybridized carbons (Fsp3) is 0.423. The Hall–Kier alpha value is -2.51. The predicted octanol–water partition coefficient (Wildman–Crippen LogP) is 6.09. The Morgan fingerprint density at radius 3 is 2.45 bits per heavy atom. The second-order valence-electron chi connectivity index (χ2n) is 10.3. The van der Waals surface area contributed by atoms with Crippen molar-refractivity contribution in [1.29, 1.82) is 0 Å². The number of anilines is 1. The number of phenolic OH excluding ortho intramolecular Hbond substituents is 1. The van der Waals surface area contributed by atoms with E-state index < -0.39 is 0 Å². The number of carbonyl (C=O) groups excluding carboxylic acids is 1. The van der Waals surface area contributed by atoms with Crippen LogP contribution >= 0.6 is 23.6 Å². The lowest BCUT2D eigenvalue weighted by Crippen LogP contribution is -2.48. The Morgan fingerprint density at radius 2 is 1.79 bits per heavy atom. The summed E-state index contributed by atoms with van der Waals surface area (Å²) in [5.41, 5.74) is 2.42. The van der Waals surface area contributed by atoms with E-state index in [0.717, 1.165) is 33.0 Å². The Bertz CT molecular complexity index is 1180. The number of hydrogen-bond donors (Lipinski definition) is 3. The molecule has 170 valence electrons. The van der Waals surface area contributed by atoms with Crippen LogP contribution in [0.2, 0.25) is 0 Å². The van der Waals surface area contributed by atoms with Gasteiger partial charge >= 0.3 is 0 Å². The van der Waals surface area contributed by atoms with Crippen LogP contribution in [0.1, 0.15) is 44.9 Å². The highest BCUT2D eigenvalue weighted by Crippen LogP contribution is 2.61. The zero-order chi connectivity index (χ0) is 22.6. The van der Waals surface area contributed by atoms with E-state index in [9.17, 15) is 9.90 Å². The van der Waals surface area contributed by atoms with E-state index in [0.29, 0.717) is 17.7 Å². The molecule has 0 atom stereocenters. The number of aromatic nitrogens is 1. The van der Waals surface area contributed by atoms with Crippen LogP contribution in [-0.4, -0.2) is 21.1 Å². The molecule has 7 heteroatoms. The van der Waals surface area contributed by atoms with Crippen LogP contribution in [0.4, 0.5) is 5.69 Å². The number of nitrogens with one attached hydrogen (secondary N) is 2. The number of thiazole rings is 1. The summed E-state index contributed by atoms with van der Waals surface area (Å²) >= 11 is 6.94. The van der Waals surface area contributed by atoms with Crippen LogP contribution in [0, 0.1) is 23.2 Å². The van der Waals surface area contributed by atoms with E-state index in [1.54, 1.807) is 17.4 Å². The van der Waals surface area contributed by atoms with Crippen LogP contribution in [0.15, 0.2) is 42.5 Å². The molecule has 33 heavy (non-hydrogen) atoms. The molecule has 3 aromatic rings. The summed E-state index contributed by atoms with van der Waals surface area (Å²) in [6, 6.07) is 13.2. The van der Waals surface area contributed by atoms with E-state index >= 15 is 0 Å². The number of rotatable bonds is 4. The Morgan fingerprint density at radius 1 is 1.09 bits per heavy atom. The van der Waals surface area contributed by atoms with Gasteiger partial charge < -0.3 is 15.7 Å². The highest BCUT2D eigenvalue weighted by atomic mass is 32.1. The summed E-state index contributed by atoms with van der Waals surface area (Å²) in [4.78, 5) is 17.4. The second-order valence-corrected chi connectivity index (χ2v) is 11.8. The molecular weight excluding hydrogens is 450 g/mol. The Labute approximate surface area is 202 Å². The molecule has 7 rings (SSSR count). The molecule has 1 heterocycles. The highest BCUT2D eigenvalue weighted by Gasteiger charge is 2.51. The van der Waals surface area contributed by atoms with Crippen molar-refractivity contribution in [3.8, 4) is 16.3 Å². The number of nitrogens with zero attached hydrogens (tertiary/aromatic N) is 1. The fourth-order valence-corrected chi connectivity index (χ4v) is 8.19. The summed E-state index contributed by atoms with van der Waals surface area (Å²) in [5, 5.41) is 17.6. The van der Waals surface area contributed by atoms with Crippen LogP contribution < -0.4 is 10.6 Å². The summed E-state index contributed by atoms with van der Waals surface area (Å²) in [7, 11) is 0. The van der Waals surface area contributed by atoms with Crippen molar-refractivity contribution in [3.63, 3.8) is 0 Å². The lowest BCUT2D eigenvalue weighted by atomic mass is 9.49. The molecule has 0 spiro atoms. The van der Waals surface area contributed by atoms with Crippen LogP contribution in [0.25, 0.3) is 20.8 Å². The number of amides is 1. The second kappa shape index (κ2) is 8.06. The molecule has 5 nitrogen and oxygen atoms in total. The number of carbonyl (C=O) groups is 1. The largest absolute Gasteiger partial charge is 0.507 e. The lowest BCUT2D eigenvalue weighted by Gasteiger charge is -2.56. The van der Waals surface area contributed by atoms with Crippen LogP contribution in [0.5, 0.6) is 5.75 Å². The first-order valence-electron chi connectivity index (χ1n) is 11.7. The maximum atomic E-state index is 12.8. The number of para-hydroxylation sites is 1. The quantitative estimate of drug-likeness (QED) is 0.397. The molecule has 4 aliphatic carbocycles. The van der Waals surface area contributed by atoms with Gasteiger partial charge in [0.2, 0.25) is 5.91 Å². The third kappa shape index (κ3) is 4.13. The first-order chi connectivity index (χ1) is 15.9. The maximum Gasteiger partial charge on any atom is 0.226 e. The standard InChI is InChI=1S/C26H27N3O2S2/c30-21-10-18(5-6-19(21)24-28-20-3-1-2-4-22(20)33-24)27-25(32)29-23(31)14-26-11-15-7-16(12-26)9-17(8-15)13-26/h1-6,10,15-17,30H,7-9,11-14H2,(H2,27,29,31,32). The van der Waals surface area contributed by atoms with Gasteiger partial charge in [0, 0.05) is 18.2 Å². The summed E-state index contributed by atoms with van der Waals surface area (Å²) < 4.78 is 1.08. The smallest absolute Gasteiger partial charge is 0.226 e. The topological polar surface area (TPSA) is 74.2 Å². The molecule has 4 fully saturated rings. The third-order valence-corrected chi connectivity index (χ3v) is 9.01. The molecule has 0 aliphatic heterocycles. The Kier molecular flexibility index (Phi) is 5.14.